The molecule has 2 N–H and O–H groups in total. The molecule has 3 aromatic rings. The summed E-state index contributed by atoms with van der Waals surface area (Å²) in [5.41, 5.74) is 3.04. The third-order valence-corrected chi connectivity index (χ3v) is 4.59. The van der Waals surface area contributed by atoms with Gasteiger partial charge >= 0.3 is 0 Å². The van der Waals surface area contributed by atoms with Crippen LogP contribution in [0.2, 0.25) is 0 Å². The molecule has 4 rings (SSSR count). The minimum atomic E-state index is 0.463. The monoisotopic (exact) mass is 294 g/mol. The molecule has 1 aliphatic rings. The van der Waals surface area contributed by atoms with E-state index in [0.29, 0.717) is 18.5 Å². The molecular weight excluding hydrogens is 276 g/mol. The van der Waals surface area contributed by atoms with Crippen molar-refractivity contribution in [3.63, 3.8) is 0 Å². The highest BCUT2D eigenvalue weighted by atomic mass is 15.1. The lowest BCUT2D eigenvalue weighted by atomic mass is 10.2. The second-order valence-electron chi connectivity index (χ2n) is 5.91. The van der Waals surface area contributed by atoms with Crippen LogP contribution in [0.15, 0.2) is 24.8 Å². The van der Waals surface area contributed by atoms with Crippen molar-refractivity contribution >= 4 is 22.1 Å². The van der Waals surface area contributed by atoms with Gasteiger partial charge in [0.05, 0.1) is 24.1 Å². The van der Waals surface area contributed by atoms with Crippen molar-refractivity contribution in [1.82, 2.24) is 24.8 Å². The fourth-order valence-corrected chi connectivity index (χ4v) is 3.54. The molecule has 1 fully saturated rings. The molecule has 3 heterocycles. The number of fused-ring (bicyclic) bond motifs is 3. The fourth-order valence-electron chi connectivity index (χ4n) is 3.54. The number of pyridine rings is 1. The summed E-state index contributed by atoms with van der Waals surface area (Å²) in [5.74, 6) is 0. The van der Waals surface area contributed by atoms with E-state index in [9.17, 15) is 0 Å². The molecule has 0 spiro atoms. The van der Waals surface area contributed by atoms with Crippen LogP contribution >= 0.6 is 0 Å². The number of rotatable bonds is 4. The smallest absolute Gasteiger partial charge is 0.139 e. The highest BCUT2D eigenvalue weighted by Crippen LogP contribution is 2.34. The van der Waals surface area contributed by atoms with Gasteiger partial charge in [0.15, 0.2) is 0 Å². The van der Waals surface area contributed by atoms with Gasteiger partial charge in [0.2, 0.25) is 0 Å². The Labute approximate surface area is 128 Å². The summed E-state index contributed by atoms with van der Waals surface area (Å²) in [5, 5.41) is 13.2. The number of aromatic amines is 1. The minimum Gasteiger partial charge on any atom is -0.346 e. The van der Waals surface area contributed by atoms with Gasteiger partial charge in [0.25, 0.3) is 0 Å². The molecular formula is C16H18N6. The number of aromatic nitrogens is 4. The SMILES string of the molecule is N#CCCNC1CCC(n2cnc3cnc4[nH]ccc4c32)C1. The molecule has 112 valence electrons. The molecule has 6 nitrogen and oxygen atoms in total. The van der Waals surface area contributed by atoms with Crippen molar-refractivity contribution < 1.29 is 0 Å². The number of nitrogens with one attached hydrogen (secondary N) is 2. The Balaban J connectivity index is 1.62. The zero-order valence-corrected chi connectivity index (χ0v) is 12.3. The van der Waals surface area contributed by atoms with Crippen LogP contribution in [-0.2, 0) is 0 Å². The Bertz CT molecular complexity index is 839. The molecule has 2 atom stereocenters. The highest BCUT2D eigenvalue weighted by Gasteiger charge is 2.27. The number of H-pyrrole nitrogens is 1. The molecule has 2 unspecified atom stereocenters. The molecule has 0 aromatic carbocycles. The largest absolute Gasteiger partial charge is 0.346 e. The first kappa shape index (κ1) is 13.3. The van der Waals surface area contributed by atoms with Crippen LogP contribution in [-0.4, -0.2) is 32.1 Å². The van der Waals surface area contributed by atoms with Crippen LogP contribution in [0.3, 0.4) is 0 Å². The Morgan fingerprint density at radius 1 is 1.41 bits per heavy atom. The maximum Gasteiger partial charge on any atom is 0.139 e. The molecule has 0 radical (unpaired) electrons. The minimum absolute atomic E-state index is 0.463. The van der Waals surface area contributed by atoms with E-state index in [0.717, 1.165) is 42.4 Å². The first-order chi connectivity index (χ1) is 10.9. The third-order valence-electron chi connectivity index (χ3n) is 4.59. The van der Waals surface area contributed by atoms with Gasteiger partial charge in [-0.2, -0.15) is 5.26 Å². The zero-order chi connectivity index (χ0) is 14.9. The van der Waals surface area contributed by atoms with Crippen molar-refractivity contribution in [2.45, 2.75) is 37.8 Å². The van der Waals surface area contributed by atoms with Gasteiger partial charge in [-0.15, -0.1) is 0 Å². The lowest BCUT2D eigenvalue weighted by Crippen LogP contribution is -2.27. The summed E-state index contributed by atoms with van der Waals surface area (Å²) in [4.78, 5) is 12.1. The second kappa shape index (κ2) is 5.43. The van der Waals surface area contributed by atoms with Crippen LogP contribution < -0.4 is 5.32 Å². The van der Waals surface area contributed by atoms with Gasteiger partial charge in [-0.25, -0.2) is 9.97 Å². The normalized spacial score (nSPS) is 21.6. The Kier molecular flexibility index (Phi) is 3.28. The number of nitrogens with zero attached hydrogens (tertiary/aromatic N) is 4. The molecule has 6 heteroatoms. The van der Waals surface area contributed by atoms with Crippen molar-refractivity contribution in [1.29, 1.82) is 5.26 Å². The highest BCUT2D eigenvalue weighted by molar-refractivity contribution is 6.00. The van der Waals surface area contributed by atoms with E-state index < -0.39 is 0 Å². The van der Waals surface area contributed by atoms with Gasteiger partial charge in [0.1, 0.15) is 11.2 Å². The lowest BCUT2D eigenvalue weighted by molar-refractivity contribution is 0.485. The zero-order valence-electron chi connectivity index (χ0n) is 12.3. The Hall–Kier alpha value is -2.39. The van der Waals surface area contributed by atoms with E-state index in [2.05, 4.69) is 37.0 Å². The first-order valence-corrected chi connectivity index (χ1v) is 7.76. The Morgan fingerprint density at radius 3 is 3.27 bits per heavy atom. The molecule has 22 heavy (non-hydrogen) atoms. The van der Waals surface area contributed by atoms with Crippen LogP contribution in [0.25, 0.3) is 22.1 Å². The first-order valence-electron chi connectivity index (χ1n) is 7.76. The van der Waals surface area contributed by atoms with Gasteiger partial charge in [-0.3, -0.25) is 0 Å². The van der Waals surface area contributed by atoms with E-state index in [1.807, 2.05) is 18.7 Å². The predicted octanol–water partition coefficient (Wildman–Crippen LogP) is 2.51. The summed E-state index contributed by atoms with van der Waals surface area (Å²) < 4.78 is 2.30. The van der Waals surface area contributed by atoms with Crippen LogP contribution in [0.4, 0.5) is 0 Å². The van der Waals surface area contributed by atoms with Crippen molar-refractivity contribution in [3.05, 3.63) is 24.8 Å². The topological polar surface area (TPSA) is 82.3 Å². The fraction of sp³-hybridized carbons (Fsp3) is 0.438. The van der Waals surface area contributed by atoms with Crippen molar-refractivity contribution in [2.75, 3.05) is 6.54 Å². The molecule has 0 aliphatic heterocycles. The van der Waals surface area contributed by atoms with Gasteiger partial charge in [0, 0.05) is 36.6 Å². The maximum atomic E-state index is 8.63. The van der Waals surface area contributed by atoms with E-state index in [1.54, 1.807) is 0 Å². The van der Waals surface area contributed by atoms with E-state index >= 15 is 0 Å². The van der Waals surface area contributed by atoms with Gasteiger partial charge in [-0.05, 0) is 25.3 Å². The average Bonchev–Trinajstić information content (AvgIpc) is 3.25. The van der Waals surface area contributed by atoms with E-state index in [-0.39, 0.29) is 0 Å². The Morgan fingerprint density at radius 2 is 2.36 bits per heavy atom. The number of nitriles is 1. The number of hydrogen-bond acceptors (Lipinski definition) is 4. The molecule has 3 aromatic heterocycles. The molecule has 0 bridgehead atoms. The summed E-state index contributed by atoms with van der Waals surface area (Å²) in [6.45, 7) is 0.782. The lowest BCUT2D eigenvalue weighted by Gasteiger charge is -2.15. The molecule has 0 amide bonds. The standard InChI is InChI=1S/C16H18N6/c17-5-1-6-18-11-2-3-12(8-11)22-10-21-14-9-20-16-13(15(14)22)4-7-19-16/h4,7,9-12,18H,1-3,6,8H2,(H,19,20). The summed E-state index contributed by atoms with van der Waals surface area (Å²) in [7, 11) is 0. The molecule has 1 saturated carbocycles. The molecule has 1 aliphatic carbocycles. The van der Waals surface area contributed by atoms with E-state index in [4.69, 9.17) is 5.26 Å². The quantitative estimate of drug-likeness (QED) is 0.724. The van der Waals surface area contributed by atoms with Gasteiger partial charge < -0.3 is 14.9 Å². The van der Waals surface area contributed by atoms with Gasteiger partial charge in [-0.1, -0.05) is 0 Å². The summed E-state index contributed by atoms with van der Waals surface area (Å²) in [6, 6.07) is 5.22. The third kappa shape index (κ3) is 2.14. The summed E-state index contributed by atoms with van der Waals surface area (Å²) in [6.07, 6.45) is 9.66. The van der Waals surface area contributed by atoms with E-state index in [1.165, 1.54) is 5.52 Å². The van der Waals surface area contributed by atoms with Crippen molar-refractivity contribution in [3.8, 4) is 6.07 Å². The second-order valence-corrected chi connectivity index (χ2v) is 5.91. The van der Waals surface area contributed by atoms with Crippen LogP contribution in [0.5, 0.6) is 0 Å². The predicted molar refractivity (Wildman–Crippen MR) is 84.3 cm³/mol. The average molecular weight is 294 g/mol. The number of hydrogen-bond donors (Lipinski definition) is 2. The maximum absolute atomic E-state index is 8.63. The van der Waals surface area contributed by atoms with Crippen LogP contribution in [0.1, 0.15) is 31.7 Å². The van der Waals surface area contributed by atoms with Crippen molar-refractivity contribution in [2.24, 2.45) is 0 Å². The van der Waals surface area contributed by atoms with Crippen LogP contribution in [0, 0.1) is 11.3 Å². The number of imidazole rings is 1. The molecule has 0 saturated heterocycles. The summed E-state index contributed by atoms with van der Waals surface area (Å²) >= 11 is 0.